The zero-order valence-corrected chi connectivity index (χ0v) is 20.2. The Morgan fingerprint density at radius 2 is 1.84 bits per heavy atom. The Hall–Kier alpha value is -2.56. The van der Waals surface area contributed by atoms with Gasteiger partial charge in [0.1, 0.15) is 11.6 Å². The lowest BCUT2D eigenvalue weighted by atomic mass is 10.1. The normalized spacial score (nSPS) is 13.5. The number of rotatable bonds is 7. The van der Waals surface area contributed by atoms with Crippen LogP contribution in [0, 0.1) is 0 Å². The number of carbonyl (C=O) groups is 3. The highest BCUT2D eigenvalue weighted by Crippen LogP contribution is 2.35. The summed E-state index contributed by atoms with van der Waals surface area (Å²) in [7, 11) is 1.81. The molecule has 1 aliphatic heterocycles. The summed E-state index contributed by atoms with van der Waals surface area (Å²) in [5, 5.41) is 3.88. The summed E-state index contributed by atoms with van der Waals surface area (Å²) in [6, 6.07) is 11.9. The number of aldehydes is 1. The van der Waals surface area contributed by atoms with Crippen molar-refractivity contribution in [3.63, 3.8) is 0 Å². The van der Waals surface area contributed by atoms with Gasteiger partial charge in [-0.05, 0) is 24.8 Å². The van der Waals surface area contributed by atoms with Crippen molar-refractivity contribution in [1.82, 2.24) is 9.21 Å². The number of ether oxygens (including phenoxy) is 2. The summed E-state index contributed by atoms with van der Waals surface area (Å²) in [5.41, 5.74) is 1.71. The SMILES string of the molecule is CCOC(=O)c1cc(-c2ccccc2)sc1NC.CSN1CCN(C(=O)OCC=O)CC1. The van der Waals surface area contributed by atoms with Crippen LogP contribution in [0.2, 0.25) is 0 Å². The number of anilines is 1. The van der Waals surface area contributed by atoms with Crippen molar-refractivity contribution >= 4 is 46.6 Å². The lowest BCUT2D eigenvalue weighted by Gasteiger charge is -2.32. The van der Waals surface area contributed by atoms with E-state index < -0.39 is 6.09 Å². The number of carbonyl (C=O) groups excluding carboxylic acids is 3. The maximum Gasteiger partial charge on any atom is 0.410 e. The van der Waals surface area contributed by atoms with Gasteiger partial charge in [-0.2, -0.15) is 0 Å². The highest BCUT2D eigenvalue weighted by Gasteiger charge is 2.21. The molecular weight excluding hydrogens is 450 g/mol. The Morgan fingerprint density at radius 3 is 2.41 bits per heavy atom. The molecule has 2 heterocycles. The molecule has 0 radical (unpaired) electrons. The number of hydrogen-bond acceptors (Lipinski definition) is 9. The monoisotopic (exact) mass is 479 g/mol. The minimum absolute atomic E-state index is 0.151. The van der Waals surface area contributed by atoms with E-state index in [1.54, 1.807) is 35.1 Å². The standard InChI is InChI=1S/C14H15NO2S.C8H14N2O3S/c1-3-17-14(16)11-9-12(18-13(11)15-2)10-7-5-4-6-8-10;1-14-10-4-2-9(3-5-10)8(12)13-7-6-11/h4-9,15H,3H2,1-2H3;6H,2-5,7H2,1H3. The second-order valence-electron chi connectivity index (χ2n) is 6.53. The van der Waals surface area contributed by atoms with E-state index in [1.165, 1.54) is 0 Å². The number of benzene rings is 1. The van der Waals surface area contributed by atoms with Gasteiger partial charge in [0.25, 0.3) is 0 Å². The number of amides is 1. The third-order valence-corrected chi connectivity index (χ3v) is 6.63. The van der Waals surface area contributed by atoms with Crippen LogP contribution in [0.3, 0.4) is 0 Å². The molecular formula is C22H29N3O5S2. The number of esters is 1. The van der Waals surface area contributed by atoms with Crippen molar-refractivity contribution in [1.29, 1.82) is 0 Å². The molecule has 1 amide bonds. The molecule has 1 aromatic carbocycles. The first-order chi connectivity index (χ1) is 15.5. The van der Waals surface area contributed by atoms with Crippen molar-refractivity contribution < 1.29 is 23.9 Å². The molecule has 10 heteroatoms. The maximum atomic E-state index is 11.8. The predicted octanol–water partition coefficient (Wildman–Crippen LogP) is 3.85. The van der Waals surface area contributed by atoms with Crippen LogP contribution in [0.15, 0.2) is 36.4 Å². The molecule has 0 aliphatic carbocycles. The summed E-state index contributed by atoms with van der Waals surface area (Å²) in [6.45, 7) is 5.06. The Kier molecular flexibility index (Phi) is 11.1. The van der Waals surface area contributed by atoms with Crippen LogP contribution in [0.1, 0.15) is 17.3 Å². The van der Waals surface area contributed by atoms with E-state index in [9.17, 15) is 14.4 Å². The summed E-state index contributed by atoms with van der Waals surface area (Å²) < 4.78 is 11.9. The van der Waals surface area contributed by atoms with Crippen molar-refractivity contribution in [2.75, 3.05) is 58.0 Å². The van der Waals surface area contributed by atoms with Gasteiger partial charge in [-0.15, -0.1) is 11.3 Å². The lowest BCUT2D eigenvalue weighted by molar-refractivity contribution is -0.110. The molecule has 32 heavy (non-hydrogen) atoms. The molecule has 1 aliphatic rings. The predicted molar refractivity (Wildman–Crippen MR) is 129 cm³/mol. The quantitative estimate of drug-likeness (QED) is 0.364. The lowest BCUT2D eigenvalue weighted by Crippen LogP contribution is -2.46. The number of nitrogens with one attached hydrogen (secondary N) is 1. The molecule has 1 fully saturated rings. The van der Waals surface area contributed by atoms with Crippen LogP contribution in [-0.2, 0) is 14.3 Å². The average molecular weight is 480 g/mol. The molecule has 3 rings (SSSR count). The van der Waals surface area contributed by atoms with Crippen LogP contribution >= 0.6 is 23.3 Å². The number of nitrogens with zero attached hydrogens (tertiary/aromatic N) is 2. The largest absolute Gasteiger partial charge is 0.462 e. The number of hydrogen-bond donors (Lipinski definition) is 1. The first kappa shape index (κ1) is 25.7. The van der Waals surface area contributed by atoms with Gasteiger partial charge in [0.15, 0.2) is 6.29 Å². The Morgan fingerprint density at radius 1 is 1.16 bits per heavy atom. The molecule has 2 aromatic rings. The van der Waals surface area contributed by atoms with Gasteiger partial charge in [-0.1, -0.05) is 42.3 Å². The van der Waals surface area contributed by atoms with E-state index in [0.29, 0.717) is 31.5 Å². The van der Waals surface area contributed by atoms with E-state index in [0.717, 1.165) is 28.5 Å². The van der Waals surface area contributed by atoms with Gasteiger partial charge in [0.2, 0.25) is 0 Å². The minimum atomic E-state index is -0.391. The number of piperazine rings is 1. The Labute approximate surface area is 197 Å². The molecule has 174 valence electrons. The zero-order chi connectivity index (χ0) is 23.3. The zero-order valence-electron chi connectivity index (χ0n) is 18.5. The molecule has 0 spiro atoms. The van der Waals surface area contributed by atoms with Crippen LogP contribution in [0.4, 0.5) is 9.80 Å². The van der Waals surface area contributed by atoms with Crippen LogP contribution < -0.4 is 5.32 Å². The van der Waals surface area contributed by atoms with Crippen molar-refractivity contribution in [3.8, 4) is 10.4 Å². The van der Waals surface area contributed by atoms with Crippen molar-refractivity contribution in [2.24, 2.45) is 0 Å². The molecule has 0 unspecified atom stereocenters. The molecule has 1 aromatic heterocycles. The van der Waals surface area contributed by atoms with Crippen LogP contribution in [0.25, 0.3) is 10.4 Å². The molecule has 0 bridgehead atoms. The van der Waals surface area contributed by atoms with Crippen LogP contribution in [-0.4, -0.2) is 80.3 Å². The van der Waals surface area contributed by atoms with Gasteiger partial charge in [-0.3, -0.25) is 4.79 Å². The van der Waals surface area contributed by atoms with Gasteiger partial charge >= 0.3 is 12.1 Å². The van der Waals surface area contributed by atoms with Gasteiger partial charge in [0.05, 0.1) is 12.2 Å². The molecule has 1 N–H and O–H groups in total. The summed E-state index contributed by atoms with van der Waals surface area (Å²) in [4.78, 5) is 35.7. The smallest absolute Gasteiger partial charge is 0.410 e. The molecule has 8 nitrogen and oxygen atoms in total. The van der Waals surface area contributed by atoms with Gasteiger partial charge in [0, 0.05) is 38.1 Å². The highest BCUT2D eigenvalue weighted by atomic mass is 32.2. The van der Waals surface area contributed by atoms with Crippen molar-refractivity contribution in [3.05, 3.63) is 42.0 Å². The van der Waals surface area contributed by atoms with Crippen molar-refractivity contribution in [2.45, 2.75) is 6.92 Å². The van der Waals surface area contributed by atoms with E-state index in [2.05, 4.69) is 9.62 Å². The van der Waals surface area contributed by atoms with Crippen LogP contribution in [0.5, 0.6) is 0 Å². The fourth-order valence-electron chi connectivity index (χ4n) is 2.93. The van der Waals surface area contributed by atoms with E-state index in [1.807, 2.05) is 49.7 Å². The highest BCUT2D eigenvalue weighted by molar-refractivity contribution is 7.96. The van der Waals surface area contributed by atoms with E-state index >= 15 is 0 Å². The third-order valence-electron chi connectivity index (χ3n) is 4.54. The molecule has 0 atom stereocenters. The molecule has 0 saturated carbocycles. The van der Waals surface area contributed by atoms with E-state index in [4.69, 9.17) is 9.47 Å². The second-order valence-corrected chi connectivity index (χ2v) is 8.47. The fraction of sp³-hybridized carbons (Fsp3) is 0.409. The average Bonchev–Trinajstić information content (AvgIpc) is 3.28. The summed E-state index contributed by atoms with van der Waals surface area (Å²) in [5.74, 6) is -0.278. The second kappa shape index (κ2) is 13.8. The minimum Gasteiger partial charge on any atom is -0.462 e. The van der Waals surface area contributed by atoms with E-state index in [-0.39, 0.29) is 12.6 Å². The summed E-state index contributed by atoms with van der Waals surface area (Å²) in [6.07, 6.45) is 2.20. The third kappa shape index (κ3) is 7.54. The Balaban J connectivity index is 0.000000235. The first-order valence-corrected chi connectivity index (χ1v) is 12.2. The van der Waals surface area contributed by atoms with Gasteiger partial charge in [-0.25, -0.2) is 13.9 Å². The maximum absolute atomic E-state index is 11.8. The summed E-state index contributed by atoms with van der Waals surface area (Å²) >= 11 is 3.23. The fourth-order valence-corrected chi connectivity index (χ4v) is 4.47. The molecule has 1 saturated heterocycles. The topological polar surface area (TPSA) is 88.2 Å². The Bertz CT molecular complexity index is 868. The first-order valence-electron chi connectivity index (χ1n) is 10.2. The van der Waals surface area contributed by atoms with Gasteiger partial charge < -0.3 is 19.7 Å². The number of thiophene rings is 1.